The number of aliphatic imine (C=N–C) groups is 1. The van der Waals surface area contributed by atoms with Crippen LogP contribution in [0.2, 0.25) is 0 Å². The Bertz CT molecular complexity index is 834. The third-order valence-corrected chi connectivity index (χ3v) is 4.87. The highest BCUT2D eigenvalue weighted by Crippen LogP contribution is 2.26. The fraction of sp³-hybridized carbons (Fsp3) is 0.211. The molecule has 1 fully saturated rings. The highest BCUT2D eigenvalue weighted by Gasteiger charge is 2.32. The number of hydrogen-bond acceptors (Lipinski definition) is 4. The zero-order chi connectivity index (χ0) is 17.8. The van der Waals surface area contributed by atoms with Crippen molar-refractivity contribution in [2.45, 2.75) is 25.5 Å². The molecule has 0 bridgehead atoms. The maximum atomic E-state index is 12.3. The van der Waals surface area contributed by atoms with Gasteiger partial charge in [0.1, 0.15) is 5.25 Å². The van der Waals surface area contributed by atoms with Gasteiger partial charge in [0.05, 0.1) is 5.69 Å². The molecule has 1 atom stereocenters. The highest BCUT2D eigenvalue weighted by molar-refractivity contribution is 8.15. The number of carbonyl (C=O) groups is 2. The smallest absolute Gasteiger partial charge is 0.240 e. The standard InChI is InChI=1S/C19H19N3O2S/c1-12-8-9-15(13(2)10-12)21-17(23)11-16-18(24)22-19(25-16)20-14-6-4-3-5-7-14/h3-10,16H,11H2,1-2H3,(H,21,23)(H,20,22,24). The van der Waals surface area contributed by atoms with Crippen LogP contribution in [0.4, 0.5) is 11.4 Å². The first-order valence-electron chi connectivity index (χ1n) is 7.99. The molecule has 25 heavy (non-hydrogen) atoms. The number of nitrogens with one attached hydrogen (secondary N) is 2. The minimum Gasteiger partial charge on any atom is -0.326 e. The lowest BCUT2D eigenvalue weighted by Crippen LogP contribution is -2.28. The van der Waals surface area contributed by atoms with Gasteiger partial charge >= 0.3 is 0 Å². The van der Waals surface area contributed by atoms with Gasteiger partial charge < -0.3 is 10.6 Å². The molecule has 0 aliphatic carbocycles. The van der Waals surface area contributed by atoms with Crippen LogP contribution < -0.4 is 10.6 Å². The van der Waals surface area contributed by atoms with Crippen molar-refractivity contribution in [2.24, 2.45) is 4.99 Å². The van der Waals surface area contributed by atoms with Crippen LogP contribution in [-0.2, 0) is 9.59 Å². The van der Waals surface area contributed by atoms with Crippen LogP contribution >= 0.6 is 11.8 Å². The van der Waals surface area contributed by atoms with Crippen LogP contribution in [0.15, 0.2) is 53.5 Å². The maximum Gasteiger partial charge on any atom is 0.240 e. The van der Waals surface area contributed by atoms with Crippen molar-refractivity contribution in [1.29, 1.82) is 0 Å². The predicted octanol–water partition coefficient (Wildman–Crippen LogP) is 3.55. The summed E-state index contributed by atoms with van der Waals surface area (Å²) in [6, 6.07) is 15.2. The van der Waals surface area contributed by atoms with E-state index in [0.717, 1.165) is 22.5 Å². The van der Waals surface area contributed by atoms with Crippen molar-refractivity contribution < 1.29 is 9.59 Å². The molecule has 0 aromatic heterocycles. The van der Waals surface area contributed by atoms with Crippen LogP contribution in [-0.4, -0.2) is 22.2 Å². The molecule has 6 heteroatoms. The Morgan fingerprint density at radius 2 is 1.96 bits per heavy atom. The second-order valence-electron chi connectivity index (χ2n) is 5.92. The van der Waals surface area contributed by atoms with Crippen molar-refractivity contribution >= 4 is 40.1 Å². The van der Waals surface area contributed by atoms with Gasteiger partial charge in [-0.05, 0) is 37.6 Å². The number of para-hydroxylation sites is 1. The lowest BCUT2D eigenvalue weighted by atomic mass is 10.1. The van der Waals surface area contributed by atoms with Crippen LogP contribution in [0, 0.1) is 13.8 Å². The quantitative estimate of drug-likeness (QED) is 0.883. The summed E-state index contributed by atoms with van der Waals surface area (Å²) in [5.41, 5.74) is 3.69. The average Bonchev–Trinajstić information content (AvgIpc) is 2.90. The molecule has 5 nitrogen and oxygen atoms in total. The van der Waals surface area contributed by atoms with Crippen molar-refractivity contribution in [2.75, 3.05) is 5.32 Å². The van der Waals surface area contributed by atoms with Crippen molar-refractivity contribution in [3.05, 3.63) is 59.7 Å². The molecule has 0 saturated carbocycles. The van der Waals surface area contributed by atoms with Crippen LogP contribution in [0.5, 0.6) is 0 Å². The van der Waals surface area contributed by atoms with Gasteiger partial charge in [0.2, 0.25) is 11.8 Å². The van der Waals surface area contributed by atoms with E-state index in [2.05, 4.69) is 15.6 Å². The fourth-order valence-corrected chi connectivity index (χ4v) is 3.52. The predicted molar refractivity (Wildman–Crippen MR) is 102 cm³/mol. The van der Waals surface area contributed by atoms with E-state index in [-0.39, 0.29) is 18.2 Å². The Labute approximate surface area is 150 Å². The van der Waals surface area contributed by atoms with Gasteiger partial charge in [-0.3, -0.25) is 9.59 Å². The van der Waals surface area contributed by atoms with Crippen LogP contribution in [0.25, 0.3) is 0 Å². The average molecular weight is 353 g/mol. The van der Waals surface area contributed by atoms with E-state index < -0.39 is 5.25 Å². The Kier molecular flexibility index (Phi) is 5.19. The number of rotatable bonds is 4. The lowest BCUT2D eigenvalue weighted by Gasteiger charge is -2.10. The molecule has 0 radical (unpaired) electrons. The molecule has 3 rings (SSSR count). The topological polar surface area (TPSA) is 70.6 Å². The normalized spacial score (nSPS) is 18.2. The first-order chi connectivity index (χ1) is 12.0. The summed E-state index contributed by atoms with van der Waals surface area (Å²) in [5.74, 6) is -0.365. The van der Waals surface area contributed by atoms with Crippen molar-refractivity contribution in [1.82, 2.24) is 5.32 Å². The number of benzene rings is 2. The van der Waals surface area contributed by atoms with Gasteiger partial charge in [0, 0.05) is 12.1 Å². The van der Waals surface area contributed by atoms with Gasteiger partial charge in [0.15, 0.2) is 5.17 Å². The molecule has 128 valence electrons. The lowest BCUT2D eigenvalue weighted by molar-refractivity contribution is -0.122. The Morgan fingerprint density at radius 1 is 1.20 bits per heavy atom. The summed E-state index contributed by atoms with van der Waals surface area (Å²) in [6.07, 6.45) is 0.109. The molecule has 1 aliphatic rings. The molecule has 2 N–H and O–H groups in total. The molecule has 2 aromatic rings. The largest absolute Gasteiger partial charge is 0.326 e. The number of amides is 2. The Balaban J connectivity index is 1.62. The monoisotopic (exact) mass is 353 g/mol. The van der Waals surface area contributed by atoms with E-state index in [9.17, 15) is 9.59 Å². The number of thioether (sulfide) groups is 1. The summed E-state index contributed by atoms with van der Waals surface area (Å²) >= 11 is 1.29. The van der Waals surface area contributed by atoms with Crippen molar-refractivity contribution in [3.8, 4) is 0 Å². The third-order valence-electron chi connectivity index (χ3n) is 3.79. The molecule has 2 amide bonds. The first kappa shape index (κ1) is 17.2. The number of hydrogen-bond donors (Lipinski definition) is 2. The van der Waals surface area contributed by atoms with Crippen LogP contribution in [0.3, 0.4) is 0 Å². The number of amidine groups is 1. The van der Waals surface area contributed by atoms with E-state index in [4.69, 9.17) is 0 Å². The van der Waals surface area contributed by atoms with Gasteiger partial charge in [-0.15, -0.1) is 0 Å². The summed E-state index contributed by atoms with van der Waals surface area (Å²) in [4.78, 5) is 28.7. The number of nitrogens with zero attached hydrogens (tertiary/aromatic N) is 1. The number of carbonyl (C=O) groups excluding carboxylic acids is 2. The molecular formula is C19H19N3O2S. The van der Waals surface area contributed by atoms with E-state index in [0.29, 0.717) is 5.17 Å². The van der Waals surface area contributed by atoms with Gasteiger partial charge in [0.25, 0.3) is 0 Å². The molecule has 2 aromatic carbocycles. The summed E-state index contributed by atoms with van der Waals surface area (Å²) < 4.78 is 0. The Hall–Kier alpha value is -2.60. The zero-order valence-electron chi connectivity index (χ0n) is 14.1. The van der Waals surface area contributed by atoms with Gasteiger partial charge in [-0.25, -0.2) is 4.99 Å². The Morgan fingerprint density at radius 3 is 2.68 bits per heavy atom. The number of anilines is 1. The SMILES string of the molecule is Cc1ccc(NC(=O)CC2S/C(=N/c3ccccc3)NC2=O)c(C)c1. The second-order valence-corrected chi connectivity index (χ2v) is 7.11. The van der Waals surface area contributed by atoms with Crippen molar-refractivity contribution in [3.63, 3.8) is 0 Å². The fourth-order valence-electron chi connectivity index (χ4n) is 2.54. The zero-order valence-corrected chi connectivity index (χ0v) is 14.9. The second kappa shape index (κ2) is 7.53. The van der Waals surface area contributed by atoms with E-state index in [1.165, 1.54) is 11.8 Å². The first-order valence-corrected chi connectivity index (χ1v) is 8.87. The molecule has 1 heterocycles. The van der Waals surface area contributed by atoms with Gasteiger partial charge in [-0.1, -0.05) is 47.7 Å². The summed E-state index contributed by atoms with van der Waals surface area (Å²) in [5, 5.41) is 5.68. The van der Waals surface area contributed by atoms with Gasteiger partial charge in [-0.2, -0.15) is 0 Å². The maximum absolute atomic E-state index is 12.3. The van der Waals surface area contributed by atoms with Crippen LogP contribution in [0.1, 0.15) is 17.5 Å². The van der Waals surface area contributed by atoms with E-state index in [1.54, 1.807) is 0 Å². The highest BCUT2D eigenvalue weighted by atomic mass is 32.2. The molecule has 0 spiro atoms. The van der Waals surface area contributed by atoms with E-state index >= 15 is 0 Å². The minimum atomic E-state index is -0.465. The molecular weight excluding hydrogens is 334 g/mol. The summed E-state index contributed by atoms with van der Waals surface area (Å²) in [7, 11) is 0. The number of aryl methyl sites for hydroxylation is 2. The molecule has 1 unspecified atom stereocenters. The molecule has 1 aliphatic heterocycles. The summed E-state index contributed by atoms with van der Waals surface area (Å²) in [6.45, 7) is 3.95. The van der Waals surface area contributed by atoms with E-state index in [1.807, 2.05) is 62.4 Å². The third kappa shape index (κ3) is 4.48. The molecule has 1 saturated heterocycles. The minimum absolute atomic E-state index is 0.109.